The van der Waals surface area contributed by atoms with Crippen LogP contribution in [0.25, 0.3) is 0 Å². The number of carbonyl (C=O) groups excluding carboxylic acids is 2. The third kappa shape index (κ3) is 3.33. The molecule has 31 heavy (non-hydrogen) atoms. The van der Waals surface area contributed by atoms with Crippen molar-refractivity contribution in [3.05, 3.63) is 0 Å². The topological polar surface area (TPSA) is 63.6 Å². The lowest BCUT2D eigenvalue weighted by atomic mass is 9.35. The van der Waals surface area contributed by atoms with Crippen LogP contribution in [-0.2, 0) is 14.3 Å². The average molecular weight is 433 g/mol. The molecule has 4 heteroatoms. The van der Waals surface area contributed by atoms with E-state index >= 15 is 0 Å². The molecule has 0 amide bonds. The number of hydrogen-bond acceptors (Lipinski definition) is 4. The molecular formula is C27H44O4. The first kappa shape index (κ1) is 23.3. The third-order valence-corrected chi connectivity index (χ3v) is 11.0. The van der Waals surface area contributed by atoms with E-state index in [1.165, 1.54) is 39.0 Å². The standard InChI is InChI=1S/C27H44O4/c1-16(28)18-15-27(7)21(13-19(18)30)26(6)12-9-20-24(3,4)10-8-11-25(20,5)22(26)14-23(27)31-17(2)29/h18-23,30H,8-15H2,1-7H3/t18-,19+,20?,21?,22?,23+,25+,26+,27-/m1/s1. The van der Waals surface area contributed by atoms with Crippen LogP contribution in [0.4, 0.5) is 0 Å². The number of ketones is 1. The van der Waals surface area contributed by atoms with Crippen LogP contribution in [0.15, 0.2) is 0 Å². The normalized spacial score (nSPS) is 51.1. The predicted octanol–water partition coefficient (Wildman–Crippen LogP) is 5.55. The van der Waals surface area contributed by atoms with Crippen LogP contribution < -0.4 is 0 Å². The van der Waals surface area contributed by atoms with E-state index in [9.17, 15) is 14.7 Å². The Morgan fingerprint density at radius 2 is 1.45 bits per heavy atom. The third-order valence-electron chi connectivity index (χ3n) is 11.0. The van der Waals surface area contributed by atoms with Crippen LogP contribution >= 0.6 is 0 Å². The van der Waals surface area contributed by atoms with Crippen molar-refractivity contribution in [1.82, 2.24) is 0 Å². The van der Waals surface area contributed by atoms with Gasteiger partial charge >= 0.3 is 5.97 Å². The van der Waals surface area contributed by atoms with Gasteiger partial charge < -0.3 is 9.84 Å². The van der Waals surface area contributed by atoms with Crippen LogP contribution in [0.5, 0.6) is 0 Å². The molecule has 0 aromatic heterocycles. The van der Waals surface area contributed by atoms with Crippen molar-refractivity contribution >= 4 is 11.8 Å². The zero-order valence-corrected chi connectivity index (χ0v) is 20.8. The van der Waals surface area contributed by atoms with E-state index in [1.54, 1.807) is 6.92 Å². The van der Waals surface area contributed by atoms with E-state index in [4.69, 9.17) is 4.74 Å². The molecule has 4 saturated carbocycles. The first-order valence-corrected chi connectivity index (χ1v) is 12.6. The maximum absolute atomic E-state index is 12.4. The number of hydrogen-bond donors (Lipinski definition) is 1. The minimum Gasteiger partial charge on any atom is -0.462 e. The van der Waals surface area contributed by atoms with Gasteiger partial charge in [0.15, 0.2) is 0 Å². The summed E-state index contributed by atoms with van der Waals surface area (Å²) in [6.45, 7) is 15.3. The zero-order chi connectivity index (χ0) is 23.0. The fourth-order valence-electron chi connectivity index (χ4n) is 9.73. The summed E-state index contributed by atoms with van der Waals surface area (Å²) >= 11 is 0. The smallest absolute Gasteiger partial charge is 0.302 e. The summed E-state index contributed by atoms with van der Waals surface area (Å²) in [6, 6.07) is 0. The lowest BCUT2D eigenvalue weighted by Gasteiger charge is -2.70. The van der Waals surface area contributed by atoms with E-state index in [1.807, 2.05) is 0 Å². The molecule has 3 unspecified atom stereocenters. The highest BCUT2D eigenvalue weighted by Crippen LogP contribution is 2.73. The molecule has 0 aromatic carbocycles. The number of fused-ring (bicyclic) bond motifs is 5. The van der Waals surface area contributed by atoms with Gasteiger partial charge in [0, 0.05) is 18.3 Å². The van der Waals surface area contributed by atoms with Gasteiger partial charge in [0.2, 0.25) is 0 Å². The molecule has 4 rings (SSSR count). The van der Waals surface area contributed by atoms with Crippen LogP contribution in [0.3, 0.4) is 0 Å². The molecule has 0 aromatic rings. The quantitative estimate of drug-likeness (QED) is 0.581. The van der Waals surface area contributed by atoms with Crippen molar-refractivity contribution in [3.63, 3.8) is 0 Å². The Balaban J connectivity index is 1.79. The van der Waals surface area contributed by atoms with Gasteiger partial charge in [-0.3, -0.25) is 9.59 Å². The van der Waals surface area contributed by atoms with E-state index in [-0.39, 0.29) is 45.9 Å². The molecule has 9 atom stereocenters. The summed E-state index contributed by atoms with van der Waals surface area (Å²) < 4.78 is 6.07. The Kier molecular flexibility index (Phi) is 5.48. The van der Waals surface area contributed by atoms with Crippen molar-refractivity contribution in [3.8, 4) is 0 Å². The zero-order valence-electron chi connectivity index (χ0n) is 20.8. The SMILES string of the molecule is CC(=O)O[C@H]1CC2[C@@]3(C)CCCC(C)(C)C3CC[C@@]2(C)C2C[C@H](O)[C@@H](C(C)=O)C[C@]21C. The molecule has 0 heterocycles. The Morgan fingerprint density at radius 1 is 0.839 bits per heavy atom. The summed E-state index contributed by atoms with van der Waals surface area (Å²) in [6.07, 6.45) is 7.63. The van der Waals surface area contributed by atoms with Gasteiger partial charge in [-0.2, -0.15) is 0 Å². The Hall–Kier alpha value is -0.900. The number of ether oxygens (including phenoxy) is 1. The van der Waals surface area contributed by atoms with E-state index in [0.717, 1.165) is 6.42 Å². The van der Waals surface area contributed by atoms with Crippen molar-refractivity contribution < 1.29 is 19.4 Å². The van der Waals surface area contributed by atoms with E-state index in [2.05, 4.69) is 34.6 Å². The second-order valence-electron chi connectivity index (χ2n) is 13.1. The number of carbonyl (C=O) groups is 2. The first-order valence-electron chi connectivity index (χ1n) is 12.6. The predicted molar refractivity (Wildman–Crippen MR) is 121 cm³/mol. The Bertz CT molecular complexity index is 758. The minimum absolute atomic E-state index is 0.0609. The monoisotopic (exact) mass is 432 g/mol. The summed E-state index contributed by atoms with van der Waals surface area (Å²) in [5, 5.41) is 11.0. The Labute approximate surface area is 188 Å². The molecule has 4 nitrogen and oxygen atoms in total. The molecule has 4 aliphatic carbocycles. The number of Topliss-reactive ketones (excluding diaryl/α,β-unsaturated/α-hetero) is 1. The fourth-order valence-corrected chi connectivity index (χ4v) is 9.73. The number of rotatable bonds is 2. The molecule has 0 saturated heterocycles. The van der Waals surface area contributed by atoms with Crippen molar-refractivity contribution in [2.75, 3.05) is 0 Å². The maximum atomic E-state index is 12.4. The highest BCUT2D eigenvalue weighted by Gasteiger charge is 2.68. The second-order valence-corrected chi connectivity index (χ2v) is 13.1. The fraction of sp³-hybridized carbons (Fsp3) is 0.926. The van der Waals surface area contributed by atoms with Gasteiger partial charge in [-0.15, -0.1) is 0 Å². The molecule has 4 aliphatic rings. The summed E-state index contributed by atoms with van der Waals surface area (Å²) in [5.41, 5.74) is 0.418. The number of aliphatic hydroxyl groups is 1. The van der Waals surface area contributed by atoms with Gasteiger partial charge in [0.05, 0.1) is 6.10 Å². The molecule has 0 bridgehead atoms. The van der Waals surface area contributed by atoms with Crippen molar-refractivity contribution in [2.45, 2.75) is 112 Å². The molecule has 0 radical (unpaired) electrons. The molecular weight excluding hydrogens is 388 g/mol. The van der Waals surface area contributed by atoms with Crippen LogP contribution in [0.2, 0.25) is 0 Å². The van der Waals surface area contributed by atoms with Gasteiger partial charge in [0.1, 0.15) is 11.9 Å². The lowest BCUT2D eigenvalue weighted by Crippen LogP contribution is -2.67. The van der Waals surface area contributed by atoms with Crippen molar-refractivity contribution in [2.24, 2.45) is 45.3 Å². The van der Waals surface area contributed by atoms with Crippen molar-refractivity contribution in [1.29, 1.82) is 0 Å². The molecule has 0 aliphatic heterocycles. The molecule has 0 spiro atoms. The molecule has 4 fully saturated rings. The summed E-state index contributed by atoms with van der Waals surface area (Å²) in [7, 11) is 0. The minimum atomic E-state index is -0.586. The van der Waals surface area contributed by atoms with Gasteiger partial charge in [0.25, 0.3) is 0 Å². The van der Waals surface area contributed by atoms with Gasteiger partial charge in [-0.25, -0.2) is 0 Å². The average Bonchev–Trinajstić information content (AvgIpc) is 2.63. The first-order chi connectivity index (χ1) is 14.3. The van der Waals surface area contributed by atoms with E-state index < -0.39 is 6.10 Å². The highest BCUT2D eigenvalue weighted by atomic mass is 16.5. The van der Waals surface area contributed by atoms with Crippen LogP contribution in [0.1, 0.15) is 99.8 Å². The summed E-state index contributed by atoms with van der Waals surface area (Å²) in [4.78, 5) is 24.5. The van der Waals surface area contributed by atoms with Crippen LogP contribution in [-0.4, -0.2) is 29.1 Å². The lowest BCUT2D eigenvalue weighted by molar-refractivity contribution is -0.250. The number of aliphatic hydroxyl groups excluding tert-OH is 1. The summed E-state index contributed by atoms with van der Waals surface area (Å²) in [5.74, 6) is 0.914. The van der Waals surface area contributed by atoms with E-state index in [0.29, 0.717) is 30.1 Å². The highest BCUT2D eigenvalue weighted by molar-refractivity contribution is 5.79. The van der Waals surface area contributed by atoms with Gasteiger partial charge in [-0.1, -0.05) is 41.0 Å². The second kappa shape index (κ2) is 7.30. The molecule has 1 N–H and O–H groups in total. The largest absolute Gasteiger partial charge is 0.462 e. The van der Waals surface area contributed by atoms with Gasteiger partial charge in [-0.05, 0) is 85.9 Å². The maximum Gasteiger partial charge on any atom is 0.302 e. The molecule has 176 valence electrons. The van der Waals surface area contributed by atoms with Crippen LogP contribution in [0, 0.1) is 45.3 Å². The number of esters is 1. The Morgan fingerprint density at radius 3 is 2.06 bits per heavy atom.